The summed E-state index contributed by atoms with van der Waals surface area (Å²) in [5, 5.41) is 12.2. The molecule has 0 spiro atoms. The largest absolute Gasteiger partial charge is 0.483 e. The van der Waals surface area contributed by atoms with E-state index in [9.17, 15) is 13.2 Å². The number of hydrogen-bond donors (Lipinski definition) is 2. The Morgan fingerprint density at radius 2 is 2.24 bits per heavy atom. The smallest absolute Gasteiger partial charge is 0.422 e. The molecule has 1 aromatic heterocycles. The van der Waals surface area contributed by atoms with E-state index in [1.807, 2.05) is 6.07 Å². The van der Waals surface area contributed by atoms with Gasteiger partial charge in [0.15, 0.2) is 6.61 Å². The highest BCUT2D eigenvalue weighted by Gasteiger charge is 2.28. The fourth-order valence-corrected chi connectivity index (χ4v) is 2.46. The van der Waals surface area contributed by atoms with Gasteiger partial charge in [-0.25, -0.2) is 4.98 Å². The molecule has 2 aromatic rings. The summed E-state index contributed by atoms with van der Waals surface area (Å²) in [5.41, 5.74) is 2.55. The van der Waals surface area contributed by atoms with Gasteiger partial charge in [-0.1, -0.05) is 0 Å². The molecule has 0 fully saturated rings. The first-order valence-corrected chi connectivity index (χ1v) is 7.56. The maximum absolute atomic E-state index is 12.2. The molecule has 0 atom stereocenters. The van der Waals surface area contributed by atoms with Crippen molar-refractivity contribution in [2.75, 3.05) is 18.5 Å². The van der Waals surface area contributed by atoms with Crippen LogP contribution in [0, 0.1) is 11.3 Å². The van der Waals surface area contributed by atoms with Crippen LogP contribution in [0.4, 0.5) is 18.9 Å². The van der Waals surface area contributed by atoms with Gasteiger partial charge in [0, 0.05) is 12.1 Å². The number of imidazole rings is 1. The van der Waals surface area contributed by atoms with Crippen LogP contribution < -0.4 is 10.1 Å². The molecule has 2 heterocycles. The third-order valence-electron chi connectivity index (χ3n) is 3.59. The lowest BCUT2D eigenvalue weighted by molar-refractivity contribution is -0.153. The topological polar surface area (TPSA) is 83.0 Å². The lowest BCUT2D eigenvalue weighted by Gasteiger charge is -2.12. The van der Waals surface area contributed by atoms with E-state index in [1.54, 1.807) is 6.07 Å². The van der Waals surface area contributed by atoms with Crippen molar-refractivity contribution >= 4 is 5.69 Å². The SMILES string of the molecule is N#Cc1cc(NCc2nc3c([nH]2)COCC3)ccc1OCC(F)(F)F. The van der Waals surface area contributed by atoms with Gasteiger partial charge in [0.1, 0.15) is 17.6 Å². The average Bonchev–Trinajstić information content (AvgIpc) is 3.00. The molecular weight excluding hydrogens is 337 g/mol. The van der Waals surface area contributed by atoms with Gasteiger partial charge in [0.25, 0.3) is 0 Å². The van der Waals surface area contributed by atoms with Gasteiger partial charge in [-0.3, -0.25) is 0 Å². The zero-order valence-electron chi connectivity index (χ0n) is 13.1. The van der Waals surface area contributed by atoms with Crippen LogP contribution in [0.5, 0.6) is 5.75 Å². The van der Waals surface area contributed by atoms with Crippen molar-refractivity contribution in [2.45, 2.75) is 25.7 Å². The first-order chi connectivity index (χ1) is 11.9. The third kappa shape index (κ3) is 4.42. The number of hydrogen-bond acceptors (Lipinski definition) is 5. The fraction of sp³-hybridized carbons (Fsp3) is 0.375. The molecular formula is C16H15F3N4O2. The predicted octanol–water partition coefficient (Wildman–Crippen LogP) is 2.91. The van der Waals surface area contributed by atoms with Crippen molar-refractivity contribution < 1.29 is 22.6 Å². The molecule has 0 radical (unpaired) electrons. The van der Waals surface area contributed by atoms with Gasteiger partial charge in [0.05, 0.1) is 36.7 Å². The van der Waals surface area contributed by atoms with Crippen LogP contribution in [0.2, 0.25) is 0 Å². The van der Waals surface area contributed by atoms with Crippen molar-refractivity contribution in [1.82, 2.24) is 9.97 Å². The Hall–Kier alpha value is -2.73. The molecule has 6 nitrogen and oxygen atoms in total. The normalized spacial score (nSPS) is 13.8. The second-order valence-corrected chi connectivity index (χ2v) is 5.49. The van der Waals surface area contributed by atoms with Crippen molar-refractivity contribution in [1.29, 1.82) is 5.26 Å². The maximum Gasteiger partial charge on any atom is 0.422 e. The fourth-order valence-electron chi connectivity index (χ4n) is 2.46. The number of benzene rings is 1. The van der Waals surface area contributed by atoms with Gasteiger partial charge in [-0.15, -0.1) is 0 Å². The molecule has 0 unspecified atom stereocenters. The molecule has 3 rings (SSSR count). The highest BCUT2D eigenvalue weighted by molar-refractivity contribution is 5.55. The summed E-state index contributed by atoms with van der Waals surface area (Å²) in [7, 11) is 0. The Balaban J connectivity index is 1.65. The van der Waals surface area contributed by atoms with E-state index in [1.165, 1.54) is 12.1 Å². The van der Waals surface area contributed by atoms with Crippen LogP contribution in [0.25, 0.3) is 0 Å². The Morgan fingerprint density at radius 1 is 1.40 bits per heavy atom. The number of anilines is 1. The molecule has 132 valence electrons. The molecule has 0 aliphatic carbocycles. The highest BCUT2D eigenvalue weighted by atomic mass is 19.4. The van der Waals surface area contributed by atoms with Crippen LogP contribution in [-0.4, -0.2) is 29.4 Å². The van der Waals surface area contributed by atoms with E-state index in [-0.39, 0.29) is 11.3 Å². The van der Waals surface area contributed by atoms with Gasteiger partial charge in [-0.05, 0) is 18.2 Å². The first kappa shape index (κ1) is 17.1. The number of aromatic amines is 1. The number of nitrogens with zero attached hydrogens (tertiary/aromatic N) is 2. The summed E-state index contributed by atoms with van der Waals surface area (Å²) in [4.78, 5) is 7.64. The standard InChI is InChI=1S/C16H15F3N4O2/c17-16(18,19)9-25-14-2-1-11(5-10(14)6-20)21-7-15-22-12-3-4-24-8-13(12)23-15/h1-2,5,21H,3-4,7-9H2,(H,22,23). The maximum atomic E-state index is 12.2. The minimum Gasteiger partial charge on any atom is -0.483 e. The number of fused-ring (bicyclic) bond motifs is 1. The lowest BCUT2D eigenvalue weighted by Crippen LogP contribution is -2.19. The summed E-state index contributed by atoms with van der Waals surface area (Å²) in [6.07, 6.45) is -3.69. The summed E-state index contributed by atoms with van der Waals surface area (Å²) >= 11 is 0. The van der Waals surface area contributed by atoms with Crippen LogP contribution in [0.1, 0.15) is 22.8 Å². The second-order valence-electron chi connectivity index (χ2n) is 5.49. The number of aromatic nitrogens is 2. The minimum absolute atomic E-state index is 0.0291. The highest BCUT2D eigenvalue weighted by Crippen LogP contribution is 2.25. The molecule has 1 aromatic carbocycles. The summed E-state index contributed by atoms with van der Waals surface area (Å²) in [5.74, 6) is 0.627. The number of alkyl halides is 3. The quantitative estimate of drug-likeness (QED) is 0.865. The van der Waals surface area contributed by atoms with Gasteiger partial charge >= 0.3 is 6.18 Å². The Morgan fingerprint density at radius 3 is 2.96 bits per heavy atom. The van der Waals surface area contributed by atoms with Gasteiger partial charge in [-0.2, -0.15) is 18.4 Å². The number of ether oxygens (including phenoxy) is 2. The van der Waals surface area contributed by atoms with Gasteiger partial charge < -0.3 is 19.8 Å². The van der Waals surface area contributed by atoms with Crippen LogP contribution in [0.15, 0.2) is 18.2 Å². The molecule has 0 saturated carbocycles. The average molecular weight is 352 g/mol. The monoisotopic (exact) mass is 352 g/mol. The van der Waals surface area contributed by atoms with Crippen molar-refractivity contribution in [3.63, 3.8) is 0 Å². The van der Waals surface area contributed by atoms with E-state index in [0.717, 1.165) is 23.6 Å². The van der Waals surface area contributed by atoms with Crippen molar-refractivity contribution in [3.8, 4) is 11.8 Å². The van der Waals surface area contributed by atoms with Crippen LogP contribution in [0.3, 0.4) is 0 Å². The molecule has 9 heteroatoms. The van der Waals surface area contributed by atoms with Crippen LogP contribution >= 0.6 is 0 Å². The van der Waals surface area contributed by atoms with Gasteiger partial charge in [0.2, 0.25) is 0 Å². The molecule has 0 bridgehead atoms. The minimum atomic E-state index is -4.45. The zero-order chi connectivity index (χ0) is 17.9. The molecule has 1 aliphatic heterocycles. The molecule has 2 N–H and O–H groups in total. The van der Waals surface area contributed by atoms with E-state index >= 15 is 0 Å². The number of nitriles is 1. The van der Waals surface area contributed by atoms with E-state index in [0.29, 0.717) is 25.4 Å². The van der Waals surface area contributed by atoms with Crippen molar-refractivity contribution in [3.05, 3.63) is 41.0 Å². The number of halogens is 3. The predicted molar refractivity (Wildman–Crippen MR) is 82.0 cm³/mol. The molecule has 25 heavy (non-hydrogen) atoms. The summed E-state index contributed by atoms with van der Waals surface area (Å²) < 4.78 is 46.7. The number of rotatable bonds is 5. The zero-order valence-corrected chi connectivity index (χ0v) is 13.1. The summed E-state index contributed by atoms with van der Waals surface area (Å²) in [6.45, 7) is 0.108. The van der Waals surface area contributed by atoms with Crippen LogP contribution in [-0.2, 0) is 24.3 Å². The Kier molecular flexibility index (Phi) is 4.81. The molecule has 0 amide bonds. The van der Waals surface area contributed by atoms with E-state index in [4.69, 9.17) is 10.00 Å². The third-order valence-corrected chi connectivity index (χ3v) is 3.59. The molecule has 0 saturated heterocycles. The lowest BCUT2D eigenvalue weighted by atomic mass is 10.2. The van der Waals surface area contributed by atoms with E-state index < -0.39 is 12.8 Å². The van der Waals surface area contributed by atoms with Crippen molar-refractivity contribution in [2.24, 2.45) is 0 Å². The summed E-state index contributed by atoms with van der Waals surface area (Å²) in [6, 6.07) is 6.17. The Bertz CT molecular complexity index is 772. The second kappa shape index (κ2) is 7.03. The Labute approximate surface area is 141 Å². The molecule has 1 aliphatic rings. The number of H-pyrrole nitrogens is 1. The van der Waals surface area contributed by atoms with E-state index in [2.05, 4.69) is 20.0 Å². The first-order valence-electron chi connectivity index (χ1n) is 7.56. The number of nitrogens with one attached hydrogen (secondary N) is 2.